The molecule has 0 aromatic heterocycles. The molecule has 4 nitrogen and oxygen atoms in total. The Balaban J connectivity index is 1.94. The molecule has 0 saturated carbocycles. The van der Waals surface area contributed by atoms with Crippen molar-refractivity contribution in [3.63, 3.8) is 0 Å². The first-order chi connectivity index (χ1) is 9.62. The number of hydrogen-bond acceptors (Lipinski definition) is 4. The van der Waals surface area contributed by atoms with Crippen LogP contribution in [0.3, 0.4) is 0 Å². The molecule has 2 rings (SSSR count). The molecule has 1 saturated heterocycles. The van der Waals surface area contributed by atoms with Gasteiger partial charge < -0.3 is 10.1 Å². The van der Waals surface area contributed by atoms with Gasteiger partial charge in [-0.25, -0.2) is 8.42 Å². The zero-order chi connectivity index (χ0) is 14.4. The van der Waals surface area contributed by atoms with E-state index in [-0.39, 0.29) is 5.75 Å². The Bertz CT molecular complexity index is 504. The Labute approximate surface area is 121 Å². The molecule has 0 aliphatic carbocycles. The summed E-state index contributed by atoms with van der Waals surface area (Å²) in [5.74, 6) is 1.49. The molecule has 0 spiro atoms. The second-order valence-electron chi connectivity index (χ2n) is 5.21. The fourth-order valence-electron chi connectivity index (χ4n) is 2.52. The molecule has 0 unspecified atom stereocenters. The van der Waals surface area contributed by atoms with E-state index in [1.807, 2.05) is 6.92 Å². The maximum atomic E-state index is 12.3. The van der Waals surface area contributed by atoms with E-state index in [9.17, 15) is 8.42 Å². The van der Waals surface area contributed by atoms with Crippen LogP contribution >= 0.6 is 0 Å². The van der Waals surface area contributed by atoms with Crippen LogP contribution in [0, 0.1) is 5.92 Å². The van der Waals surface area contributed by atoms with Gasteiger partial charge in [-0.3, -0.25) is 0 Å². The van der Waals surface area contributed by atoms with Gasteiger partial charge in [0, 0.05) is 0 Å². The zero-order valence-corrected chi connectivity index (χ0v) is 12.8. The predicted octanol–water partition coefficient (Wildman–Crippen LogP) is 2.25. The van der Waals surface area contributed by atoms with Gasteiger partial charge in [0.25, 0.3) is 0 Å². The van der Waals surface area contributed by atoms with Crippen molar-refractivity contribution in [3.8, 4) is 5.75 Å². The largest absolute Gasteiger partial charge is 0.494 e. The third-order valence-electron chi connectivity index (χ3n) is 3.75. The molecule has 0 amide bonds. The monoisotopic (exact) mass is 297 g/mol. The highest BCUT2D eigenvalue weighted by Crippen LogP contribution is 2.21. The van der Waals surface area contributed by atoms with Crippen molar-refractivity contribution in [1.29, 1.82) is 0 Å². The number of piperidine rings is 1. The molecular weight excluding hydrogens is 274 g/mol. The van der Waals surface area contributed by atoms with Crippen molar-refractivity contribution in [2.24, 2.45) is 5.92 Å². The van der Waals surface area contributed by atoms with Gasteiger partial charge in [0.05, 0.1) is 17.3 Å². The molecule has 1 aromatic rings. The Morgan fingerprint density at radius 1 is 1.20 bits per heavy atom. The first-order valence-electron chi connectivity index (χ1n) is 7.28. The smallest absolute Gasteiger partial charge is 0.178 e. The molecule has 1 heterocycles. The molecule has 1 N–H and O–H groups in total. The molecule has 0 bridgehead atoms. The summed E-state index contributed by atoms with van der Waals surface area (Å²) in [6, 6.07) is 6.73. The fraction of sp³-hybridized carbons (Fsp3) is 0.600. The van der Waals surface area contributed by atoms with Gasteiger partial charge in [-0.2, -0.15) is 0 Å². The Morgan fingerprint density at radius 3 is 2.45 bits per heavy atom. The normalized spacial score (nSPS) is 17.1. The molecule has 0 radical (unpaired) electrons. The third kappa shape index (κ3) is 4.21. The second-order valence-corrected chi connectivity index (χ2v) is 7.31. The molecule has 5 heteroatoms. The summed E-state index contributed by atoms with van der Waals surface area (Å²) in [6.07, 6.45) is 2.93. The van der Waals surface area contributed by atoms with E-state index in [0.29, 0.717) is 23.2 Å². The van der Waals surface area contributed by atoms with E-state index >= 15 is 0 Å². The van der Waals surface area contributed by atoms with Crippen molar-refractivity contribution in [1.82, 2.24) is 5.32 Å². The average molecular weight is 297 g/mol. The van der Waals surface area contributed by atoms with Gasteiger partial charge in [-0.05, 0) is 69.5 Å². The number of sulfone groups is 1. The standard InChI is InChI=1S/C15H23NO3S/c1-2-19-14-3-5-15(6-4-14)20(17,18)12-9-13-7-10-16-11-8-13/h3-6,13,16H,2,7-12H2,1H3. The highest BCUT2D eigenvalue weighted by Gasteiger charge is 2.19. The number of ether oxygens (including phenoxy) is 1. The van der Waals surface area contributed by atoms with Crippen molar-refractivity contribution < 1.29 is 13.2 Å². The fourth-order valence-corrected chi connectivity index (χ4v) is 3.95. The van der Waals surface area contributed by atoms with Crippen LogP contribution in [-0.2, 0) is 9.84 Å². The van der Waals surface area contributed by atoms with Crippen molar-refractivity contribution >= 4 is 9.84 Å². The summed E-state index contributed by atoms with van der Waals surface area (Å²) in [4.78, 5) is 0.398. The number of benzene rings is 1. The van der Waals surface area contributed by atoms with Gasteiger partial charge >= 0.3 is 0 Å². The van der Waals surface area contributed by atoms with Crippen molar-refractivity contribution in [2.45, 2.75) is 31.1 Å². The lowest BCUT2D eigenvalue weighted by Gasteiger charge is -2.22. The van der Waals surface area contributed by atoms with E-state index < -0.39 is 9.84 Å². The van der Waals surface area contributed by atoms with Gasteiger partial charge in [0.15, 0.2) is 9.84 Å². The van der Waals surface area contributed by atoms with Crippen LogP contribution in [0.25, 0.3) is 0 Å². The lowest BCUT2D eigenvalue weighted by Crippen LogP contribution is -2.28. The lowest BCUT2D eigenvalue weighted by molar-refractivity contribution is 0.340. The molecule has 0 atom stereocenters. The van der Waals surface area contributed by atoms with Gasteiger partial charge in [0.2, 0.25) is 0 Å². The highest BCUT2D eigenvalue weighted by atomic mass is 32.2. The number of nitrogens with one attached hydrogen (secondary N) is 1. The predicted molar refractivity (Wildman–Crippen MR) is 79.9 cm³/mol. The first-order valence-corrected chi connectivity index (χ1v) is 8.93. The van der Waals surface area contributed by atoms with Crippen LogP contribution in [0.1, 0.15) is 26.2 Å². The molecule has 1 aliphatic rings. The first kappa shape index (κ1) is 15.3. The SMILES string of the molecule is CCOc1ccc(S(=O)(=O)CCC2CCNCC2)cc1. The van der Waals surface area contributed by atoms with Crippen LogP contribution in [-0.4, -0.2) is 33.9 Å². The summed E-state index contributed by atoms with van der Waals surface area (Å²) in [5, 5.41) is 3.30. The van der Waals surface area contributed by atoms with E-state index in [4.69, 9.17) is 4.74 Å². The summed E-state index contributed by atoms with van der Waals surface area (Å²) < 4.78 is 29.9. The Morgan fingerprint density at radius 2 is 1.85 bits per heavy atom. The minimum atomic E-state index is -3.17. The summed E-state index contributed by atoms with van der Waals surface area (Å²) >= 11 is 0. The van der Waals surface area contributed by atoms with E-state index in [1.165, 1.54) is 0 Å². The summed E-state index contributed by atoms with van der Waals surface area (Å²) in [6.45, 7) is 4.51. The van der Waals surface area contributed by atoms with Crippen LogP contribution in [0.2, 0.25) is 0 Å². The lowest BCUT2D eigenvalue weighted by atomic mass is 9.96. The highest BCUT2D eigenvalue weighted by molar-refractivity contribution is 7.91. The minimum Gasteiger partial charge on any atom is -0.494 e. The zero-order valence-electron chi connectivity index (χ0n) is 12.0. The molecule has 20 heavy (non-hydrogen) atoms. The van der Waals surface area contributed by atoms with Crippen LogP contribution in [0.15, 0.2) is 29.2 Å². The van der Waals surface area contributed by atoms with E-state index in [2.05, 4.69) is 5.32 Å². The van der Waals surface area contributed by atoms with Crippen molar-refractivity contribution in [3.05, 3.63) is 24.3 Å². The number of rotatable bonds is 6. The summed E-state index contributed by atoms with van der Waals surface area (Å²) in [5.41, 5.74) is 0. The second kappa shape index (κ2) is 7.09. The van der Waals surface area contributed by atoms with Gasteiger partial charge in [0.1, 0.15) is 5.75 Å². The maximum Gasteiger partial charge on any atom is 0.178 e. The molecule has 1 aromatic carbocycles. The molecule has 112 valence electrons. The molecular formula is C15H23NO3S. The summed E-state index contributed by atoms with van der Waals surface area (Å²) in [7, 11) is -3.17. The molecule has 1 fully saturated rings. The van der Waals surface area contributed by atoms with Crippen LogP contribution < -0.4 is 10.1 Å². The van der Waals surface area contributed by atoms with E-state index in [1.54, 1.807) is 24.3 Å². The average Bonchev–Trinajstić information content (AvgIpc) is 2.47. The topological polar surface area (TPSA) is 55.4 Å². The van der Waals surface area contributed by atoms with Crippen LogP contribution in [0.5, 0.6) is 5.75 Å². The van der Waals surface area contributed by atoms with Gasteiger partial charge in [-0.15, -0.1) is 0 Å². The molecule has 1 aliphatic heterocycles. The minimum absolute atomic E-state index is 0.242. The maximum absolute atomic E-state index is 12.3. The van der Waals surface area contributed by atoms with Crippen molar-refractivity contribution in [2.75, 3.05) is 25.4 Å². The van der Waals surface area contributed by atoms with E-state index in [0.717, 1.165) is 32.4 Å². The quantitative estimate of drug-likeness (QED) is 0.875. The van der Waals surface area contributed by atoms with Crippen LogP contribution in [0.4, 0.5) is 0 Å². The Kier molecular flexibility index (Phi) is 5.43. The number of hydrogen-bond donors (Lipinski definition) is 1. The van der Waals surface area contributed by atoms with Gasteiger partial charge in [-0.1, -0.05) is 0 Å². The third-order valence-corrected chi connectivity index (χ3v) is 5.51. The Hall–Kier alpha value is -1.07.